The number of esters is 1. The van der Waals surface area contributed by atoms with Crippen molar-refractivity contribution in [3.8, 4) is 0 Å². The summed E-state index contributed by atoms with van der Waals surface area (Å²) in [4.78, 5) is 12.5. The first-order chi connectivity index (χ1) is 20.0. The molecule has 8 heteroatoms. The summed E-state index contributed by atoms with van der Waals surface area (Å²) in [7, 11) is 4.52. The summed E-state index contributed by atoms with van der Waals surface area (Å²) in [5, 5.41) is 32.3. The van der Waals surface area contributed by atoms with E-state index in [9.17, 15) is 20.1 Å². The molecule has 0 aromatic carbocycles. The predicted molar refractivity (Wildman–Crippen MR) is 167 cm³/mol. The number of aliphatic hydroxyl groups is 3. The van der Waals surface area contributed by atoms with Crippen molar-refractivity contribution in [2.75, 3.05) is 21.3 Å². The topological polar surface area (TPSA) is 115 Å². The molecular weight excluding hydrogens is 536 g/mol. The highest BCUT2D eigenvalue weighted by Crippen LogP contribution is 2.21. The molecule has 1 heterocycles. The molecule has 0 fully saturated rings. The van der Waals surface area contributed by atoms with E-state index in [1.807, 2.05) is 32.9 Å². The molecular formula is C34H52O8. The molecule has 0 saturated carbocycles. The first-order valence-corrected chi connectivity index (χ1v) is 14.5. The van der Waals surface area contributed by atoms with Gasteiger partial charge in [-0.3, -0.25) is 0 Å². The summed E-state index contributed by atoms with van der Waals surface area (Å²) < 4.78 is 22.0. The van der Waals surface area contributed by atoms with Crippen LogP contribution in [0.2, 0.25) is 0 Å². The lowest BCUT2D eigenvalue weighted by Crippen LogP contribution is -2.43. The number of methoxy groups -OCH3 is 3. The number of aliphatic hydroxyl groups excluding tert-OH is 3. The molecule has 0 saturated heterocycles. The first kappa shape index (κ1) is 37.4. The molecule has 0 amide bonds. The third kappa shape index (κ3) is 13.6. The van der Waals surface area contributed by atoms with E-state index >= 15 is 0 Å². The number of carbonyl (C=O) groups excluding carboxylic acids is 1. The number of rotatable bonds is 4. The van der Waals surface area contributed by atoms with E-state index in [0.29, 0.717) is 12.3 Å². The van der Waals surface area contributed by atoms with Crippen molar-refractivity contribution < 1.29 is 39.1 Å². The van der Waals surface area contributed by atoms with Crippen LogP contribution < -0.4 is 0 Å². The molecule has 0 aromatic heterocycles. The molecule has 0 aromatic rings. The van der Waals surface area contributed by atoms with Crippen molar-refractivity contribution in [3.63, 3.8) is 0 Å². The molecule has 3 N–H and O–H groups in total. The van der Waals surface area contributed by atoms with Gasteiger partial charge in [-0.1, -0.05) is 92.7 Å². The Labute approximate surface area is 252 Å². The summed E-state index contributed by atoms with van der Waals surface area (Å²) in [5.41, 5.74) is 1.86. The summed E-state index contributed by atoms with van der Waals surface area (Å²) in [6.45, 7) is 11.6. The SMILES string of the molecule is C=C[C@@H]1OC(=O)/C=C/C=C/[C@@H](OC)[C@H](O)/C=C/C(C)=C/C(C)CCC[C@@H](OC)[C@H](O)/C=C/C(C)=C/[C@@H](C)[C@H](O)[C@H]1OC. The van der Waals surface area contributed by atoms with Crippen LogP contribution in [0.5, 0.6) is 0 Å². The van der Waals surface area contributed by atoms with Crippen molar-refractivity contribution in [1.29, 1.82) is 0 Å². The fraction of sp³-hybridized carbons (Fsp3) is 0.559. The van der Waals surface area contributed by atoms with Gasteiger partial charge >= 0.3 is 5.97 Å². The summed E-state index contributed by atoms with van der Waals surface area (Å²) in [5.74, 6) is -0.709. The van der Waals surface area contributed by atoms with Gasteiger partial charge in [0, 0.05) is 33.3 Å². The lowest BCUT2D eigenvalue weighted by Gasteiger charge is -2.30. The monoisotopic (exact) mass is 588 g/mol. The Morgan fingerprint density at radius 1 is 0.857 bits per heavy atom. The minimum atomic E-state index is -1.01. The maximum atomic E-state index is 12.5. The highest BCUT2D eigenvalue weighted by atomic mass is 16.6. The molecule has 1 aliphatic heterocycles. The normalized spacial score (nSPS) is 39.0. The Morgan fingerprint density at radius 2 is 1.50 bits per heavy atom. The van der Waals surface area contributed by atoms with Gasteiger partial charge in [-0.05, 0) is 38.7 Å². The van der Waals surface area contributed by atoms with E-state index in [-0.39, 0.29) is 12.0 Å². The minimum Gasteiger partial charge on any atom is -0.452 e. The quantitative estimate of drug-likeness (QED) is 0.318. The van der Waals surface area contributed by atoms with Crippen LogP contribution in [0.3, 0.4) is 0 Å². The number of allylic oxidation sites excluding steroid dienone is 7. The van der Waals surface area contributed by atoms with Crippen LogP contribution in [0, 0.1) is 11.8 Å². The first-order valence-electron chi connectivity index (χ1n) is 14.5. The van der Waals surface area contributed by atoms with Crippen LogP contribution >= 0.6 is 0 Å². The van der Waals surface area contributed by atoms with E-state index < -0.39 is 42.6 Å². The van der Waals surface area contributed by atoms with E-state index in [0.717, 1.165) is 24.0 Å². The zero-order valence-electron chi connectivity index (χ0n) is 26.3. The van der Waals surface area contributed by atoms with Gasteiger partial charge in [0.15, 0.2) is 0 Å². The molecule has 236 valence electrons. The van der Waals surface area contributed by atoms with E-state index in [4.69, 9.17) is 18.9 Å². The van der Waals surface area contributed by atoms with Crippen LogP contribution in [0.15, 0.2) is 84.6 Å². The Hall–Kier alpha value is -2.59. The fourth-order valence-electron chi connectivity index (χ4n) is 4.79. The number of carbonyl (C=O) groups is 1. The zero-order valence-corrected chi connectivity index (χ0v) is 26.3. The van der Waals surface area contributed by atoms with E-state index in [1.54, 1.807) is 37.5 Å². The van der Waals surface area contributed by atoms with Gasteiger partial charge < -0.3 is 34.3 Å². The van der Waals surface area contributed by atoms with Crippen molar-refractivity contribution in [2.45, 2.75) is 89.7 Å². The molecule has 1 unspecified atom stereocenters. The second kappa shape index (κ2) is 20.3. The van der Waals surface area contributed by atoms with Crippen molar-refractivity contribution >= 4 is 5.97 Å². The lowest BCUT2D eigenvalue weighted by atomic mass is 9.93. The number of cyclic esters (lactones) is 1. The Bertz CT molecular complexity index is 992. The molecule has 0 aliphatic carbocycles. The third-order valence-corrected chi connectivity index (χ3v) is 7.23. The molecule has 0 spiro atoms. The van der Waals surface area contributed by atoms with Crippen LogP contribution in [0.4, 0.5) is 0 Å². The average Bonchev–Trinajstić information content (AvgIpc) is 2.96. The standard InChI is InChI=1S/C34H52O8/c1-9-29-34(41-8)33(38)26(5)22-25(4)18-20-28(36)31(40-7)15-12-13-23(2)21-24(3)17-19-27(35)30(39-6)14-10-11-16-32(37)42-29/h9-11,14,16-23,26-31,33-36,38H,1,12-13,15H2,2-8H3/b14-10+,16-11+,19-17+,20-18+,24-21+,25-22+/t23?,26-,27-,28-,29+,30-,31-,33+,34+/m1/s1. The molecule has 9 atom stereocenters. The number of ether oxygens (including phenoxy) is 4. The van der Waals surface area contributed by atoms with Crippen LogP contribution in [-0.2, 0) is 23.7 Å². The highest BCUT2D eigenvalue weighted by Gasteiger charge is 2.32. The second-order valence-corrected chi connectivity index (χ2v) is 10.8. The molecule has 1 aliphatic rings. The third-order valence-electron chi connectivity index (χ3n) is 7.23. The maximum absolute atomic E-state index is 12.5. The Balaban J connectivity index is 3.29. The highest BCUT2D eigenvalue weighted by molar-refractivity contribution is 5.82. The molecule has 42 heavy (non-hydrogen) atoms. The van der Waals surface area contributed by atoms with Gasteiger partial charge in [-0.15, -0.1) is 0 Å². The van der Waals surface area contributed by atoms with Crippen LogP contribution in [0.1, 0.15) is 47.0 Å². The zero-order chi connectivity index (χ0) is 31.7. The van der Waals surface area contributed by atoms with Crippen LogP contribution in [-0.4, -0.2) is 85.3 Å². The largest absolute Gasteiger partial charge is 0.452 e. The lowest BCUT2D eigenvalue weighted by molar-refractivity contribution is -0.152. The smallest absolute Gasteiger partial charge is 0.331 e. The van der Waals surface area contributed by atoms with Gasteiger partial charge in [-0.25, -0.2) is 4.79 Å². The predicted octanol–water partition coefficient (Wildman–Crippen LogP) is 4.79. The van der Waals surface area contributed by atoms with E-state index in [1.165, 1.54) is 32.4 Å². The molecule has 8 nitrogen and oxygen atoms in total. The van der Waals surface area contributed by atoms with Gasteiger partial charge in [-0.2, -0.15) is 0 Å². The Morgan fingerprint density at radius 3 is 2.10 bits per heavy atom. The van der Waals surface area contributed by atoms with E-state index in [2.05, 4.69) is 19.6 Å². The summed E-state index contributed by atoms with van der Waals surface area (Å²) >= 11 is 0. The van der Waals surface area contributed by atoms with Crippen molar-refractivity contribution in [3.05, 3.63) is 84.6 Å². The van der Waals surface area contributed by atoms with Gasteiger partial charge in [0.2, 0.25) is 0 Å². The Kier molecular flexibility index (Phi) is 18.1. The number of hydrogen-bond donors (Lipinski definition) is 3. The summed E-state index contributed by atoms with van der Waals surface area (Å²) in [6, 6.07) is 0. The maximum Gasteiger partial charge on any atom is 0.331 e. The van der Waals surface area contributed by atoms with Crippen molar-refractivity contribution in [1.82, 2.24) is 0 Å². The second-order valence-electron chi connectivity index (χ2n) is 10.8. The van der Waals surface area contributed by atoms with Crippen molar-refractivity contribution in [2.24, 2.45) is 11.8 Å². The minimum absolute atomic E-state index is 0.299. The fourth-order valence-corrected chi connectivity index (χ4v) is 4.79. The molecule has 0 radical (unpaired) electrons. The van der Waals surface area contributed by atoms with Gasteiger partial charge in [0.05, 0.1) is 18.3 Å². The van der Waals surface area contributed by atoms with Gasteiger partial charge in [0.25, 0.3) is 0 Å². The number of hydrogen-bond acceptors (Lipinski definition) is 8. The van der Waals surface area contributed by atoms with Crippen LogP contribution in [0.25, 0.3) is 0 Å². The molecule has 1 rings (SSSR count). The molecule has 0 bridgehead atoms. The van der Waals surface area contributed by atoms with Gasteiger partial charge in [0.1, 0.15) is 24.4 Å². The summed E-state index contributed by atoms with van der Waals surface area (Å²) in [6.07, 6.45) is 15.5. The average molecular weight is 589 g/mol.